The van der Waals surface area contributed by atoms with Gasteiger partial charge in [0.15, 0.2) is 10.9 Å². The third-order valence-electron chi connectivity index (χ3n) is 7.20. The van der Waals surface area contributed by atoms with Crippen molar-refractivity contribution >= 4 is 42.6 Å². The van der Waals surface area contributed by atoms with Crippen LogP contribution in [0.4, 0.5) is 13.9 Å². The summed E-state index contributed by atoms with van der Waals surface area (Å²) >= 11 is 1.05. The Labute approximate surface area is 231 Å². The van der Waals surface area contributed by atoms with E-state index in [0.29, 0.717) is 55.5 Å². The number of carbonyl (C=O) groups is 1. The van der Waals surface area contributed by atoms with Gasteiger partial charge in [0, 0.05) is 50.9 Å². The van der Waals surface area contributed by atoms with Gasteiger partial charge in [-0.15, -0.1) is 0 Å². The van der Waals surface area contributed by atoms with Crippen molar-refractivity contribution in [3.05, 3.63) is 53.6 Å². The lowest BCUT2D eigenvalue weighted by molar-refractivity contribution is 0.0376. The van der Waals surface area contributed by atoms with E-state index in [2.05, 4.69) is 9.88 Å². The van der Waals surface area contributed by atoms with Crippen molar-refractivity contribution in [1.82, 2.24) is 14.2 Å². The molecule has 1 aromatic heterocycles. The summed E-state index contributed by atoms with van der Waals surface area (Å²) in [7, 11) is -3.66. The van der Waals surface area contributed by atoms with Gasteiger partial charge in [-0.2, -0.15) is 4.31 Å². The number of ether oxygens (including phenoxy) is 1. The molecule has 2 aromatic carbocycles. The first-order chi connectivity index (χ1) is 18.7. The van der Waals surface area contributed by atoms with Crippen LogP contribution in [0.3, 0.4) is 0 Å². The monoisotopic (exact) mass is 578 g/mol. The number of piperidine rings is 1. The predicted molar refractivity (Wildman–Crippen MR) is 147 cm³/mol. The molecule has 8 nitrogen and oxygen atoms in total. The fourth-order valence-electron chi connectivity index (χ4n) is 5.06. The zero-order chi connectivity index (χ0) is 27.6. The number of anilines is 1. The molecule has 0 saturated carbocycles. The van der Waals surface area contributed by atoms with Crippen LogP contribution in [0.15, 0.2) is 41.3 Å². The first kappa shape index (κ1) is 28.0. The predicted octanol–water partition coefficient (Wildman–Crippen LogP) is 4.36. The van der Waals surface area contributed by atoms with E-state index in [1.54, 1.807) is 0 Å². The number of sulfonamides is 1. The Morgan fingerprint density at radius 1 is 1.15 bits per heavy atom. The van der Waals surface area contributed by atoms with Crippen molar-refractivity contribution in [3.8, 4) is 0 Å². The number of amides is 1. The zero-order valence-corrected chi connectivity index (χ0v) is 23.4. The Morgan fingerprint density at radius 2 is 1.90 bits per heavy atom. The maximum atomic E-state index is 14.4. The molecule has 0 spiro atoms. The Bertz CT molecular complexity index is 1430. The van der Waals surface area contributed by atoms with E-state index in [-0.39, 0.29) is 21.5 Å². The largest absolute Gasteiger partial charge is 0.379 e. The maximum Gasteiger partial charge on any atom is 0.260 e. The molecule has 0 aliphatic carbocycles. The van der Waals surface area contributed by atoms with Gasteiger partial charge in [-0.25, -0.2) is 22.2 Å². The molecule has 0 radical (unpaired) electrons. The van der Waals surface area contributed by atoms with Crippen LogP contribution in [0, 0.1) is 17.6 Å². The molecule has 0 N–H and O–H groups in total. The van der Waals surface area contributed by atoms with Crippen molar-refractivity contribution in [2.45, 2.75) is 31.1 Å². The lowest BCUT2D eigenvalue weighted by Gasteiger charge is -2.30. The van der Waals surface area contributed by atoms with Gasteiger partial charge >= 0.3 is 0 Å². The molecule has 2 aliphatic heterocycles. The minimum Gasteiger partial charge on any atom is -0.379 e. The standard InChI is InChI=1S/C27H32F2N4O4S2/c1-19-4-2-10-32(18-19)39(35,36)22-7-5-20(6-8-22)26(34)33(11-3-9-31-12-14-37-15-13-31)27-30-25-23(29)16-21(28)17-24(25)38-27/h5-8,16-17,19H,2-4,9-15,18H2,1H3. The van der Waals surface area contributed by atoms with E-state index >= 15 is 0 Å². The highest BCUT2D eigenvalue weighted by Crippen LogP contribution is 2.32. The van der Waals surface area contributed by atoms with Crippen molar-refractivity contribution in [2.24, 2.45) is 5.92 Å². The second kappa shape index (κ2) is 11.9. The number of hydrogen-bond acceptors (Lipinski definition) is 7. The highest BCUT2D eigenvalue weighted by Gasteiger charge is 2.29. The van der Waals surface area contributed by atoms with Gasteiger partial charge in [0.2, 0.25) is 10.0 Å². The summed E-state index contributed by atoms with van der Waals surface area (Å²) in [5.74, 6) is -1.57. The first-order valence-corrected chi connectivity index (χ1v) is 15.5. The Hall–Kier alpha value is -2.51. The summed E-state index contributed by atoms with van der Waals surface area (Å²) in [6, 6.07) is 7.91. The number of fused-ring (bicyclic) bond motifs is 1. The molecule has 0 bridgehead atoms. The van der Waals surface area contributed by atoms with Gasteiger partial charge < -0.3 is 4.74 Å². The van der Waals surface area contributed by atoms with Crippen LogP contribution in [-0.4, -0.2) is 81.0 Å². The molecule has 2 aliphatic rings. The maximum absolute atomic E-state index is 14.4. The average molecular weight is 579 g/mol. The molecule has 39 heavy (non-hydrogen) atoms. The fourth-order valence-corrected chi connectivity index (χ4v) is 7.69. The number of thiazole rings is 1. The summed E-state index contributed by atoms with van der Waals surface area (Å²) in [6.07, 6.45) is 2.46. The van der Waals surface area contributed by atoms with Crippen molar-refractivity contribution < 1.29 is 26.7 Å². The van der Waals surface area contributed by atoms with Crippen LogP contribution in [0.5, 0.6) is 0 Å². The minimum absolute atomic E-state index is 0.0135. The number of morpholine rings is 1. The number of aromatic nitrogens is 1. The molecule has 5 rings (SSSR count). The molecule has 2 saturated heterocycles. The van der Waals surface area contributed by atoms with Crippen LogP contribution in [0.25, 0.3) is 10.2 Å². The van der Waals surface area contributed by atoms with Crippen molar-refractivity contribution in [3.63, 3.8) is 0 Å². The molecule has 3 heterocycles. The number of rotatable bonds is 8. The van der Waals surface area contributed by atoms with Gasteiger partial charge in [0.25, 0.3) is 5.91 Å². The van der Waals surface area contributed by atoms with Crippen molar-refractivity contribution in [2.75, 3.05) is 57.4 Å². The van der Waals surface area contributed by atoms with Gasteiger partial charge in [-0.05, 0) is 55.5 Å². The van der Waals surface area contributed by atoms with E-state index < -0.39 is 21.7 Å². The van der Waals surface area contributed by atoms with E-state index in [1.807, 2.05) is 6.92 Å². The van der Waals surface area contributed by atoms with E-state index in [0.717, 1.165) is 49.9 Å². The fraction of sp³-hybridized carbons (Fsp3) is 0.481. The summed E-state index contributed by atoms with van der Waals surface area (Å²) < 4.78 is 61.8. The van der Waals surface area contributed by atoms with Crippen LogP contribution in [0.1, 0.15) is 36.5 Å². The Kier molecular flexibility index (Phi) is 8.57. The smallest absolute Gasteiger partial charge is 0.260 e. The first-order valence-electron chi connectivity index (χ1n) is 13.2. The normalized spacial score (nSPS) is 19.4. The van der Waals surface area contributed by atoms with Gasteiger partial charge in [-0.1, -0.05) is 18.3 Å². The van der Waals surface area contributed by atoms with Crippen LogP contribution >= 0.6 is 11.3 Å². The molecule has 210 valence electrons. The van der Waals surface area contributed by atoms with E-state index in [9.17, 15) is 22.0 Å². The Morgan fingerprint density at radius 3 is 2.62 bits per heavy atom. The van der Waals surface area contributed by atoms with E-state index in [1.165, 1.54) is 39.5 Å². The quantitative estimate of drug-likeness (QED) is 0.395. The van der Waals surface area contributed by atoms with Gasteiger partial charge in [0.05, 0.1) is 22.8 Å². The lowest BCUT2D eigenvalue weighted by atomic mass is 10.0. The molecular formula is C27H32F2N4O4S2. The topological polar surface area (TPSA) is 83.1 Å². The summed E-state index contributed by atoms with van der Waals surface area (Å²) in [5, 5.41) is 0.264. The number of nitrogens with zero attached hydrogens (tertiary/aromatic N) is 4. The highest BCUT2D eigenvalue weighted by atomic mass is 32.2. The third-order valence-corrected chi connectivity index (χ3v) is 10.1. The Balaban J connectivity index is 1.39. The minimum atomic E-state index is -3.66. The number of benzene rings is 2. The van der Waals surface area contributed by atoms with E-state index in [4.69, 9.17) is 4.74 Å². The number of hydrogen-bond donors (Lipinski definition) is 0. The third kappa shape index (κ3) is 6.30. The summed E-state index contributed by atoms with van der Waals surface area (Å²) in [6.45, 7) is 7.01. The SMILES string of the molecule is CC1CCCN(S(=O)(=O)c2ccc(C(=O)N(CCCN3CCOCC3)c3nc4c(F)cc(F)cc4s3)cc2)C1. The summed E-state index contributed by atoms with van der Waals surface area (Å²) in [5.41, 5.74) is 0.304. The number of halogens is 2. The molecular weight excluding hydrogens is 546 g/mol. The van der Waals surface area contributed by atoms with Crippen LogP contribution in [0.2, 0.25) is 0 Å². The summed E-state index contributed by atoms with van der Waals surface area (Å²) in [4.78, 5) is 21.9. The molecule has 1 atom stereocenters. The molecule has 1 unspecified atom stereocenters. The molecule has 12 heteroatoms. The second-order valence-electron chi connectivity index (χ2n) is 10.1. The highest BCUT2D eigenvalue weighted by molar-refractivity contribution is 7.89. The van der Waals surface area contributed by atoms with Gasteiger partial charge in [0.1, 0.15) is 11.3 Å². The molecule has 2 fully saturated rings. The molecule has 1 amide bonds. The van der Waals surface area contributed by atoms with Gasteiger partial charge in [-0.3, -0.25) is 14.6 Å². The zero-order valence-electron chi connectivity index (χ0n) is 21.8. The second-order valence-corrected chi connectivity index (χ2v) is 13.1. The van der Waals surface area contributed by atoms with Crippen LogP contribution < -0.4 is 4.90 Å². The van der Waals surface area contributed by atoms with Crippen molar-refractivity contribution in [1.29, 1.82) is 0 Å². The average Bonchev–Trinajstić information content (AvgIpc) is 3.35. The molecule has 3 aromatic rings. The lowest BCUT2D eigenvalue weighted by Crippen LogP contribution is -2.39. The van der Waals surface area contributed by atoms with Crippen LogP contribution in [-0.2, 0) is 14.8 Å². The number of carbonyl (C=O) groups excluding carboxylic acids is 1.